The molecule has 1 aromatic rings. The summed E-state index contributed by atoms with van der Waals surface area (Å²) in [6.45, 7) is 4.14. The van der Waals surface area contributed by atoms with Gasteiger partial charge in [-0.1, -0.05) is 6.92 Å². The maximum atomic E-state index is 11.9. The van der Waals surface area contributed by atoms with Crippen LogP contribution in [-0.2, 0) is 14.8 Å². The predicted octanol–water partition coefficient (Wildman–Crippen LogP) is 1.86. The van der Waals surface area contributed by atoms with Crippen molar-refractivity contribution >= 4 is 34.0 Å². The van der Waals surface area contributed by atoms with Crippen molar-refractivity contribution in [2.75, 3.05) is 11.9 Å². The highest BCUT2D eigenvalue weighted by molar-refractivity contribution is 7.89. The Hall–Kier alpha value is -1.15. The molecule has 22 heavy (non-hydrogen) atoms. The van der Waals surface area contributed by atoms with Crippen LogP contribution in [0, 0.1) is 0 Å². The number of nitrogens with two attached hydrogens (primary N) is 1. The van der Waals surface area contributed by atoms with Crippen LogP contribution in [0.25, 0.3) is 0 Å². The van der Waals surface area contributed by atoms with E-state index >= 15 is 0 Å². The van der Waals surface area contributed by atoms with Gasteiger partial charge in [-0.25, -0.2) is 13.1 Å². The summed E-state index contributed by atoms with van der Waals surface area (Å²) in [4.78, 5) is 11.8. The molecule has 4 N–H and O–H groups in total. The van der Waals surface area contributed by atoms with Gasteiger partial charge in [0.25, 0.3) is 0 Å². The Bertz CT molecular complexity index is 559. The van der Waals surface area contributed by atoms with E-state index in [9.17, 15) is 13.2 Å². The van der Waals surface area contributed by atoms with E-state index in [1.165, 1.54) is 12.1 Å². The van der Waals surface area contributed by atoms with Crippen molar-refractivity contribution in [1.29, 1.82) is 0 Å². The van der Waals surface area contributed by atoms with E-state index in [2.05, 4.69) is 10.0 Å². The summed E-state index contributed by atoms with van der Waals surface area (Å²) in [6, 6.07) is 6.07. The molecule has 0 spiro atoms. The fraction of sp³-hybridized carbons (Fsp3) is 0.500. The third kappa shape index (κ3) is 7.22. The molecule has 1 amide bonds. The second-order valence-corrected chi connectivity index (χ2v) is 6.75. The number of halogens is 1. The van der Waals surface area contributed by atoms with Crippen LogP contribution in [0.1, 0.15) is 33.1 Å². The average Bonchev–Trinajstić information content (AvgIpc) is 2.43. The number of sulfonamides is 1. The van der Waals surface area contributed by atoms with Gasteiger partial charge in [0, 0.05) is 24.7 Å². The predicted molar refractivity (Wildman–Crippen MR) is 90.7 cm³/mol. The van der Waals surface area contributed by atoms with Crippen LogP contribution in [0.3, 0.4) is 0 Å². The van der Waals surface area contributed by atoms with Crippen molar-refractivity contribution in [3.8, 4) is 0 Å². The zero-order valence-electron chi connectivity index (χ0n) is 12.8. The van der Waals surface area contributed by atoms with Gasteiger partial charge in [0.2, 0.25) is 15.9 Å². The Morgan fingerprint density at radius 3 is 2.36 bits per heavy atom. The molecule has 0 aliphatic heterocycles. The second-order valence-electron chi connectivity index (χ2n) is 4.99. The first-order valence-electron chi connectivity index (χ1n) is 7.00. The largest absolute Gasteiger partial charge is 0.328 e. The van der Waals surface area contributed by atoms with Crippen molar-refractivity contribution in [2.24, 2.45) is 5.73 Å². The third-order valence-corrected chi connectivity index (χ3v) is 4.29. The molecule has 0 fully saturated rings. The number of carbonyl (C=O) groups excluding carboxylic acids is 1. The van der Waals surface area contributed by atoms with Gasteiger partial charge in [-0.3, -0.25) is 4.79 Å². The first-order chi connectivity index (χ1) is 9.85. The van der Waals surface area contributed by atoms with E-state index in [-0.39, 0.29) is 29.3 Å². The van der Waals surface area contributed by atoms with Crippen LogP contribution in [0.5, 0.6) is 0 Å². The molecular formula is C14H24ClN3O3S. The Kier molecular flexibility index (Phi) is 9.27. The lowest BCUT2D eigenvalue weighted by molar-refractivity contribution is -0.116. The molecule has 0 saturated carbocycles. The van der Waals surface area contributed by atoms with Crippen LogP contribution >= 0.6 is 12.4 Å². The first kappa shape index (κ1) is 20.9. The summed E-state index contributed by atoms with van der Waals surface area (Å²) in [5, 5.41) is 2.71. The average molecular weight is 350 g/mol. The summed E-state index contributed by atoms with van der Waals surface area (Å²) >= 11 is 0. The highest BCUT2D eigenvalue weighted by Gasteiger charge is 2.12. The van der Waals surface area contributed by atoms with Gasteiger partial charge >= 0.3 is 0 Å². The lowest BCUT2D eigenvalue weighted by Gasteiger charge is -2.09. The Morgan fingerprint density at radius 1 is 1.27 bits per heavy atom. The van der Waals surface area contributed by atoms with E-state index in [0.29, 0.717) is 25.1 Å². The number of hydrogen-bond donors (Lipinski definition) is 3. The van der Waals surface area contributed by atoms with Crippen LogP contribution in [-0.4, -0.2) is 26.9 Å². The standard InChI is InChI=1S/C14H23N3O3S.ClH/c1-3-10-16-21(19,20)13-7-5-12(6-8-13)17-14(18)9-4-11(2)15;/h5-8,11,16H,3-4,9-10,15H2,1-2H3,(H,17,18);1H. The molecule has 0 saturated heterocycles. The van der Waals surface area contributed by atoms with Crippen LogP contribution in [0.15, 0.2) is 29.2 Å². The van der Waals surface area contributed by atoms with Crippen molar-refractivity contribution in [3.63, 3.8) is 0 Å². The van der Waals surface area contributed by atoms with E-state index in [1.54, 1.807) is 12.1 Å². The summed E-state index contributed by atoms with van der Waals surface area (Å²) in [7, 11) is -3.47. The van der Waals surface area contributed by atoms with Crippen LogP contribution in [0.4, 0.5) is 5.69 Å². The normalized spacial score (nSPS) is 12.3. The van der Waals surface area contributed by atoms with Crippen molar-refractivity contribution in [3.05, 3.63) is 24.3 Å². The molecule has 0 aliphatic rings. The number of anilines is 1. The summed E-state index contributed by atoms with van der Waals surface area (Å²) in [5.74, 6) is -0.132. The maximum absolute atomic E-state index is 11.9. The molecule has 8 heteroatoms. The molecule has 1 unspecified atom stereocenters. The molecule has 0 radical (unpaired) electrons. The third-order valence-electron chi connectivity index (χ3n) is 2.82. The smallest absolute Gasteiger partial charge is 0.240 e. The van der Waals surface area contributed by atoms with Gasteiger partial charge in [-0.05, 0) is 44.0 Å². The minimum Gasteiger partial charge on any atom is -0.328 e. The molecule has 0 heterocycles. The fourth-order valence-corrected chi connectivity index (χ4v) is 2.75. The zero-order chi connectivity index (χ0) is 15.9. The first-order valence-corrected chi connectivity index (χ1v) is 8.48. The highest BCUT2D eigenvalue weighted by atomic mass is 35.5. The quantitative estimate of drug-likeness (QED) is 0.666. The molecule has 1 atom stereocenters. The number of nitrogens with one attached hydrogen (secondary N) is 2. The zero-order valence-corrected chi connectivity index (χ0v) is 14.5. The van der Waals surface area contributed by atoms with Gasteiger partial charge in [0.1, 0.15) is 0 Å². The van der Waals surface area contributed by atoms with Gasteiger partial charge in [0.15, 0.2) is 0 Å². The molecule has 0 aromatic heterocycles. The molecule has 1 rings (SSSR count). The highest BCUT2D eigenvalue weighted by Crippen LogP contribution is 2.14. The Morgan fingerprint density at radius 2 is 1.86 bits per heavy atom. The van der Waals surface area contributed by atoms with Crippen LogP contribution in [0.2, 0.25) is 0 Å². The molecule has 126 valence electrons. The molecule has 0 bridgehead atoms. The van der Waals surface area contributed by atoms with Gasteiger partial charge in [-0.2, -0.15) is 0 Å². The number of amides is 1. The fourth-order valence-electron chi connectivity index (χ4n) is 1.62. The number of benzene rings is 1. The molecular weight excluding hydrogens is 326 g/mol. The SMILES string of the molecule is CCCNS(=O)(=O)c1ccc(NC(=O)CCC(C)N)cc1.Cl. The van der Waals surface area contributed by atoms with E-state index in [4.69, 9.17) is 5.73 Å². The number of carbonyl (C=O) groups is 1. The number of hydrogen-bond acceptors (Lipinski definition) is 4. The monoisotopic (exact) mass is 349 g/mol. The maximum Gasteiger partial charge on any atom is 0.240 e. The Labute approximate surface area is 138 Å². The minimum atomic E-state index is -3.47. The van der Waals surface area contributed by atoms with E-state index in [0.717, 1.165) is 6.42 Å². The molecule has 0 aliphatic carbocycles. The van der Waals surface area contributed by atoms with E-state index < -0.39 is 10.0 Å². The lowest BCUT2D eigenvalue weighted by atomic mass is 10.2. The van der Waals surface area contributed by atoms with Crippen molar-refractivity contribution < 1.29 is 13.2 Å². The second kappa shape index (κ2) is 9.78. The van der Waals surface area contributed by atoms with Gasteiger partial charge < -0.3 is 11.1 Å². The summed E-state index contributed by atoms with van der Waals surface area (Å²) < 4.78 is 26.3. The van der Waals surface area contributed by atoms with Gasteiger partial charge in [0.05, 0.1) is 4.90 Å². The Balaban J connectivity index is 0.00000441. The molecule has 1 aromatic carbocycles. The minimum absolute atomic E-state index is 0. The van der Waals surface area contributed by atoms with Crippen molar-refractivity contribution in [2.45, 2.75) is 44.0 Å². The molecule has 6 nitrogen and oxygen atoms in total. The summed E-state index contributed by atoms with van der Waals surface area (Å²) in [6.07, 6.45) is 1.68. The van der Waals surface area contributed by atoms with Gasteiger partial charge in [-0.15, -0.1) is 12.4 Å². The van der Waals surface area contributed by atoms with Crippen LogP contribution < -0.4 is 15.8 Å². The number of rotatable bonds is 8. The lowest BCUT2D eigenvalue weighted by Crippen LogP contribution is -2.24. The van der Waals surface area contributed by atoms with Crippen molar-refractivity contribution in [1.82, 2.24) is 4.72 Å². The topological polar surface area (TPSA) is 101 Å². The summed E-state index contributed by atoms with van der Waals surface area (Å²) in [5.41, 5.74) is 6.16. The van der Waals surface area contributed by atoms with E-state index in [1.807, 2.05) is 13.8 Å².